The highest BCUT2D eigenvalue weighted by Crippen LogP contribution is 2.29. The van der Waals surface area contributed by atoms with E-state index in [2.05, 4.69) is 0 Å². The zero-order chi connectivity index (χ0) is 15.4. The number of amides is 1. The number of ketones is 1. The second-order valence-corrected chi connectivity index (χ2v) is 5.21. The monoisotopic (exact) mass is 291 g/mol. The van der Waals surface area contributed by atoms with Gasteiger partial charge >= 0.3 is 0 Å². The van der Waals surface area contributed by atoms with E-state index in [1.807, 2.05) is 4.90 Å². The lowest BCUT2D eigenvalue weighted by Gasteiger charge is -2.22. The minimum absolute atomic E-state index is 0.00908. The van der Waals surface area contributed by atoms with Gasteiger partial charge in [-0.3, -0.25) is 9.59 Å². The van der Waals surface area contributed by atoms with Crippen LogP contribution < -0.4 is 9.47 Å². The predicted molar refractivity (Wildman–Crippen MR) is 78.9 cm³/mol. The van der Waals surface area contributed by atoms with Gasteiger partial charge in [-0.1, -0.05) is 0 Å². The van der Waals surface area contributed by atoms with E-state index in [-0.39, 0.29) is 11.7 Å². The Labute approximate surface area is 124 Å². The van der Waals surface area contributed by atoms with Crippen LogP contribution in [0.1, 0.15) is 37.0 Å². The van der Waals surface area contributed by atoms with Crippen LogP contribution in [-0.4, -0.2) is 42.9 Å². The van der Waals surface area contributed by atoms with E-state index in [1.165, 1.54) is 14.0 Å². The lowest BCUT2D eigenvalue weighted by molar-refractivity contribution is -0.136. The summed E-state index contributed by atoms with van der Waals surface area (Å²) in [6, 6.07) is 4.97. The van der Waals surface area contributed by atoms with Crippen molar-refractivity contribution < 1.29 is 19.1 Å². The number of carbonyl (C=O) groups excluding carboxylic acids is 2. The highest BCUT2D eigenvalue weighted by molar-refractivity contribution is 5.94. The van der Waals surface area contributed by atoms with Crippen molar-refractivity contribution in [3.05, 3.63) is 23.8 Å². The fourth-order valence-electron chi connectivity index (χ4n) is 2.42. The quantitative estimate of drug-likeness (QED) is 0.781. The average molecular weight is 291 g/mol. The standard InChI is InChI=1S/C16H21NO4/c1-11(18)13-6-7-14(15(10-13)20-3)21-12(2)16(19)17-8-4-5-9-17/h6-7,10,12H,4-5,8-9H2,1-3H3. The number of benzene rings is 1. The van der Waals surface area contributed by atoms with Crippen LogP contribution >= 0.6 is 0 Å². The van der Waals surface area contributed by atoms with Crippen LogP contribution in [0.2, 0.25) is 0 Å². The molecule has 0 radical (unpaired) electrons. The van der Waals surface area contributed by atoms with Gasteiger partial charge in [-0.25, -0.2) is 0 Å². The average Bonchev–Trinajstić information content (AvgIpc) is 3.00. The van der Waals surface area contributed by atoms with Gasteiger partial charge in [0.1, 0.15) is 0 Å². The Morgan fingerprint density at radius 2 is 1.86 bits per heavy atom. The van der Waals surface area contributed by atoms with Crippen molar-refractivity contribution in [3.8, 4) is 11.5 Å². The van der Waals surface area contributed by atoms with Gasteiger partial charge in [-0.2, -0.15) is 0 Å². The van der Waals surface area contributed by atoms with Crippen molar-refractivity contribution in [2.24, 2.45) is 0 Å². The SMILES string of the molecule is COc1cc(C(C)=O)ccc1OC(C)C(=O)N1CCCC1. The molecular formula is C16H21NO4. The van der Waals surface area contributed by atoms with E-state index in [4.69, 9.17) is 9.47 Å². The van der Waals surface area contributed by atoms with Crippen molar-refractivity contribution in [1.82, 2.24) is 4.90 Å². The van der Waals surface area contributed by atoms with Gasteiger partial charge in [-0.05, 0) is 44.9 Å². The maximum Gasteiger partial charge on any atom is 0.263 e. The molecule has 1 atom stereocenters. The molecule has 0 aliphatic carbocycles. The van der Waals surface area contributed by atoms with Crippen molar-refractivity contribution in [1.29, 1.82) is 0 Å². The van der Waals surface area contributed by atoms with Gasteiger partial charge in [0.05, 0.1) is 7.11 Å². The lowest BCUT2D eigenvalue weighted by Crippen LogP contribution is -2.38. The molecule has 2 rings (SSSR count). The second-order valence-electron chi connectivity index (χ2n) is 5.21. The first kappa shape index (κ1) is 15.4. The summed E-state index contributed by atoms with van der Waals surface area (Å²) in [5.74, 6) is 0.887. The smallest absolute Gasteiger partial charge is 0.263 e. The van der Waals surface area contributed by atoms with Crippen LogP contribution in [0, 0.1) is 0 Å². The molecule has 1 heterocycles. The normalized spacial score (nSPS) is 15.7. The summed E-state index contributed by atoms with van der Waals surface area (Å²) in [6.45, 7) is 4.83. The fraction of sp³-hybridized carbons (Fsp3) is 0.500. The summed E-state index contributed by atoms with van der Waals surface area (Å²) in [5.41, 5.74) is 0.553. The summed E-state index contributed by atoms with van der Waals surface area (Å²) >= 11 is 0. The Bertz CT molecular complexity index is 535. The van der Waals surface area contributed by atoms with Gasteiger partial charge < -0.3 is 14.4 Å². The topological polar surface area (TPSA) is 55.8 Å². The molecule has 0 bridgehead atoms. The number of carbonyl (C=O) groups is 2. The van der Waals surface area contributed by atoms with Crippen LogP contribution in [0.4, 0.5) is 0 Å². The van der Waals surface area contributed by atoms with Crippen molar-refractivity contribution >= 4 is 11.7 Å². The molecule has 5 heteroatoms. The van der Waals surface area contributed by atoms with E-state index < -0.39 is 6.10 Å². The molecule has 1 aliphatic heterocycles. The Morgan fingerprint density at radius 3 is 2.43 bits per heavy atom. The molecule has 0 saturated carbocycles. The molecule has 1 aromatic carbocycles. The second kappa shape index (κ2) is 6.61. The predicted octanol–water partition coefficient (Wildman–Crippen LogP) is 2.29. The van der Waals surface area contributed by atoms with E-state index in [1.54, 1.807) is 25.1 Å². The number of rotatable bonds is 5. The molecule has 1 amide bonds. The fourth-order valence-corrected chi connectivity index (χ4v) is 2.42. The van der Waals surface area contributed by atoms with Crippen LogP contribution in [0.5, 0.6) is 11.5 Å². The summed E-state index contributed by atoms with van der Waals surface area (Å²) in [7, 11) is 1.51. The van der Waals surface area contributed by atoms with Crippen molar-refractivity contribution in [2.75, 3.05) is 20.2 Å². The number of methoxy groups -OCH3 is 1. The first-order chi connectivity index (χ1) is 10.0. The third-order valence-corrected chi connectivity index (χ3v) is 3.64. The molecule has 0 N–H and O–H groups in total. The third kappa shape index (κ3) is 3.54. The van der Waals surface area contributed by atoms with Crippen LogP contribution in [0.25, 0.3) is 0 Å². The molecule has 0 aromatic heterocycles. The molecule has 1 saturated heterocycles. The number of ether oxygens (including phenoxy) is 2. The number of hydrogen-bond donors (Lipinski definition) is 0. The van der Waals surface area contributed by atoms with E-state index in [0.717, 1.165) is 25.9 Å². The van der Waals surface area contributed by atoms with E-state index in [9.17, 15) is 9.59 Å². The third-order valence-electron chi connectivity index (χ3n) is 3.64. The largest absolute Gasteiger partial charge is 0.493 e. The number of Topliss-reactive ketones (excluding diaryl/α,β-unsaturated/α-hetero) is 1. The molecule has 1 aliphatic rings. The zero-order valence-electron chi connectivity index (χ0n) is 12.7. The van der Waals surface area contributed by atoms with Gasteiger partial charge in [0.2, 0.25) is 0 Å². The maximum atomic E-state index is 12.2. The Balaban J connectivity index is 2.10. The van der Waals surface area contributed by atoms with Gasteiger partial charge in [0, 0.05) is 18.7 Å². The summed E-state index contributed by atoms with van der Waals surface area (Å²) in [4.78, 5) is 25.4. The summed E-state index contributed by atoms with van der Waals surface area (Å²) in [5, 5.41) is 0. The molecule has 114 valence electrons. The van der Waals surface area contributed by atoms with Crippen LogP contribution in [-0.2, 0) is 4.79 Å². The Kier molecular flexibility index (Phi) is 4.83. The summed E-state index contributed by atoms with van der Waals surface area (Å²) in [6.07, 6.45) is 1.53. The number of nitrogens with zero attached hydrogens (tertiary/aromatic N) is 1. The zero-order valence-corrected chi connectivity index (χ0v) is 12.7. The van der Waals surface area contributed by atoms with Crippen molar-refractivity contribution in [3.63, 3.8) is 0 Å². The number of hydrogen-bond acceptors (Lipinski definition) is 4. The van der Waals surface area contributed by atoms with Gasteiger partial charge in [0.25, 0.3) is 5.91 Å². The molecule has 1 unspecified atom stereocenters. The summed E-state index contributed by atoms with van der Waals surface area (Å²) < 4.78 is 11.0. The van der Waals surface area contributed by atoms with E-state index >= 15 is 0 Å². The van der Waals surface area contributed by atoms with Crippen LogP contribution in [0.3, 0.4) is 0 Å². The van der Waals surface area contributed by atoms with E-state index in [0.29, 0.717) is 17.1 Å². The molecular weight excluding hydrogens is 270 g/mol. The number of likely N-dealkylation sites (tertiary alicyclic amines) is 1. The van der Waals surface area contributed by atoms with Gasteiger partial charge in [0.15, 0.2) is 23.4 Å². The minimum Gasteiger partial charge on any atom is -0.493 e. The highest BCUT2D eigenvalue weighted by atomic mass is 16.5. The Hall–Kier alpha value is -2.04. The molecule has 21 heavy (non-hydrogen) atoms. The highest BCUT2D eigenvalue weighted by Gasteiger charge is 2.25. The van der Waals surface area contributed by atoms with Crippen molar-refractivity contribution in [2.45, 2.75) is 32.8 Å². The van der Waals surface area contributed by atoms with Crippen LogP contribution in [0.15, 0.2) is 18.2 Å². The minimum atomic E-state index is -0.569. The first-order valence-corrected chi connectivity index (χ1v) is 7.17. The first-order valence-electron chi connectivity index (χ1n) is 7.17. The molecule has 1 fully saturated rings. The molecule has 0 spiro atoms. The Morgan fingerprint density at radius 1 is 1.19 bits per heavy atom. The maximum absolute atomic E-state index is 12.2. The van der Waals surface area contributed by atoms with Gasteiger partial charge in [-0.15, -0.1) is 0 Å². The molecule has 5 nitrogen and oxygen atoms in total. The molecule has 1 aromatic rings. The lowest BCUT2D eigenvalue weighted by atomic mass is 10.1.